The first-order chi connectivity index (χ1) is 16.2. The van der Waals surface area contributed by atoms with Crippen LogP contribution in [0, 0.1) is 5.92 Å². The summed E-state index contributed by atoms with van der Waals surface area (Å²) >= 11 is 0. The van der Waals surface area contributed by atoms with Gasteiger partial charge in [-0.2, -0.15) is 0 Å². The van der Waals surface area contributed by atoms with Crippen LogP contribution < -0.4 is 14.9 Å². The summed E-state index contributed by atoms with van der Waals surface area (Å²) in [6.45, 7) is 0.312. The van der Waals surface area contributed by atoms with Crippen molar-refractivity contribution in [2.45, 2.75) is 62.3 Å². The SMILES string of the molecule is CN(C)c1cccc2c(S(=O)(=O)NCCCCCC(=O)NC3CCC(C(=O)O)CC3)cccc12. The molecular weight excluding hydrogens is 454 g/mol. The molecule has 0 radical (unpaired) electrons. The summed E-state index contributed by atoms with van der Waals surface area (Å²) in [5, 5.41) is 13.6. The highest BCUT2D eigenvalue weighted by atomic mass is 32.2. The monoisotopic (exact) mass is 489 g/mol. The number of benzene rings is 2. The number of carboxylic acids is 1. The van der Waals surface area contributed by atoms with E-state index in [-0.39, 0.29) is 22.8 Å². The van der Waals surface area contributed by atoms with Gasteiger partial charge in [-0.15, -0.1) is 0 Å². The molecular formula is C25H35N3O5S. The highest BCUT2D eigenvalue weighted by Gasteiger charge is 2.26. The number of anilines is 1. The Morgan fingerprint density at radius 3 is 2.32 bits per heavy atom. The fraction of sp³-hybridized carbons (Fsp3) is 0.520. The molecule has 0 heterocycles. The van der Waals surface area contributed by atoms with E-state index in [0.717, 1.165) is 17.5 Å². The summed E-state index contributed by atoms with van der Waals surface area (Å²) < 4.78 is 28.6. The van der Waals surface area contributed by atoms with E-state index < -0.39 is 16.0 Å². The third-order valence-electron chi connectivity index (χ3n) is 6.44. The predicted molar refractivity (Wildman–Crippen MR) is 133 cm³/mol. The molecule has 0 aliphatic heterocycles. The first kappa shape index (κ1) is 26.0. The lowest BCUT2D eigenvalue weighted by Crippen LogP contribution is -2.38. The van der Waals surface area contributed by atoms with Gasteiger partial charge in [-0.3, -0.25) is 9.59 Å². The number of hydrogen-bond acceptors (Lipinski definition) is 5. The summed E-state index contributed by atoms with van der Waals surface area (Å²) in [6.07, 6.45) is 5.07. The van der Waals surface area contributed by atoms with Crippen LogP contribution in [0.15, 0.2) is 41.3 Å². The van der Waals surface area contributed by atoms with Gasteiger partial charge in [0.2, 0.25) is 15.9 Å². The number of carboxylic acid groups (broad SMARTS) is 1. The van der Waals surface area contributed by atoms with Crippen LogP contribution in [0.1, 0.15) is 51.4 Å². The number of rotatable bonds is 11. The lowest BCUT2D eigenvalue weighted by molar-refractivity contribution is -0.142. The predicted octanol–water partition coefficient (Wildman–Crippen LogP) is 3.50. The van der Waals surface area contributed by atoms with E-state index in [2.05, 4.69) is 10.0 Å². The highest BCUT2D eigenvalue weighted by Crippen LogP contribution is 2.30. The van der Waals surface area contributed by atoms with Gasteiger partial charge in [0.15, 0.2) is 0 Å². The lowest BCUT2D eigenvalue weighted by Gasteiger charge is -2.26. The number of carbonyl (C=O) groups is 2. The van der Waals surface area contributed by atoms with Crippen LogP contribution in [0.4, 0.5) is 5.69 Å². The molecule has 3 rings (SSSR count). The number of hydrogen-bond donors (Lipinski definition) is 3. The maximum Gasteiger partial charge on any atom is 0.306 e. The third kappa shape index (κ3) is 6.70. The Morgan fingerprint density at radius 2 is 1.65 bits per heavy atom. The summed E-state index contributed by atoms with van der Waals surface area (Å²) in [5.41, 5.74) is 0.961. The third-order valence-corrected chi connectivity index (χ3v) is 7.96. The molecule has 0 unspecified atom stereocenters. The first-order valence-electron chi connectivity index (χ1n) is 11.9. The van der Waals surface area contributed by atoms with Crippen molar-refractivity contribution in [3.8, 4) is 0 Å². The van der Waals surface area contributed by atoms with E-state index >= 15 is 0 Å². The smallest absolute Gasteiger partial charge is 0.306 e. The number of sulfonamides is 1. The number of nitrogens with one attached hydrogen (secondary N) is 2. The maximum atomic E-state index is 12.9. The largest absolute Gasteiger partial charge is 0.481 e. The zero-order valence-corrected chi connectivity index (χ0v) is 20.7. The number of nitrogens with zero attached hydrogens (tertiary/aromatic N) is 1. The minimum atomic E-state index is -3.65. The molecule has 0 spiro atoms. The van der Waals surface area contributed by atoms with Gasteiger partial charge in [-0.25, -0.2) is 13.1 Å². The second-order valence-corrected chi connectivity index (χ2v) is 10.9. The fourth-order valence-electron chi connectivity index (χ4n) is 4.55. The average Bonchev–Trinajstić information content (AvgIpc) is 2.80. The maximum absolute atomic E-state index is 12.9. The van der Waals surface area contributed by atoms with Crippen LogP contribution in [-0.4, -0.2) is 52.1 Å². The van der Waals surface area contributed by atoms with Gasteiger partial charge in [0.1, 0.15) is 0 Å². The zero-order chi connectivity index (χ0) is 24.7. The quantitative estimate of drug-likeness (QED) is 0.416. The molecule has 0 aromatic heterocycles. The molecule has 8 nitrogen and oxygen atoms in total. The van der Waals surface area contributed by atoms with Crippen molar-refractivity contribution in [3.05, 3.63) is 36.4 Å². The van der Waals surface area contributed by atoms with Crippen LogP contribution in [0.3, 0.4) is 0 Å². The molecule has 186 valence electrons. The van der Waals surface area contributed by atoms with Crippen molar-refractivity contribution in [1.29, 1.82) is 0 Å². The molecule has 1 aliphatic rings. The molecule has 3 N–H and O–H groups in total. The Hall–Kier alpha value is -2.65. The Bertz CT molecular complexity index is 1110. The normalized spacial score (nSPS) is 18.5. The van der Waals surface area contributed by atoms with Crippen LogP contribution in [0.2, 0.25) is 0 Å². The van der Waals surface area contributed by atoms with Gasteiger partial charge in [-0.1, -0.05) is 30.7 Å². The number of amides is 1. The highest BCUT2D eigenvalue weighted by molar-refractivity contribution is 7.89. The summed E-state index contributed by atoms with van der Waals surface area (Å²) in [4.78, 5) is 25.4. The molecule has 2 aromatic rings. The van der Waals surface area contributed by atoms with Crippen molar-refractivity contribution in [3.63, 3.8) is 0 Å². The Kier molecular flexibility index (Phi) is 8.90. The number of unbranched alkanes of at least 4 members (excludes halogenated alkanes) is 2. The molecule has 34 heavy (non-hydrogen) atoms. The molecule has 0 bridgehead atoms. The van der Waals surface area contributed by atoms with E-state index in [0.29, 0.717) is 56.9 Å². The summed E-state index contributed by atoms with van der Waals surface area (Å²) in [7, 11) is 0.206. The van der Waals surface area contributed by atoms with Crippen molar-refractivity contribution in [2.75, 3.05) is 25.5 Å². The number of carbonyl (C=O) groups excluding carboxylic acids is 1. The van der Waals surface area contributed by atoms with Crippen molar-refractivity contribution < 1.29 is 23.1 Å². The Morgan fingerprint density at radius 1 is 0.971 bits per heavy atom. The molecule has 9 heteroatoms. The molecule has 1 fully saturated rings. The van der Waals surface area contributed by atoms with Gasteiger partial charge in [0.05, 0.1) is 10.8 Å². The standard InChI is InChI=1S/C25H35N3O5S/c1-28(2)22-10-6-9-21-20(22)8-7-11-23(21)34(32,33)26-17-5-3-4-12-24(29)27-19-15-13-18(14-16-19)25(30)31/h6-11,18-19,26H,3-5,12-17H2,1-2H3,(H,27,29)(H,30,31). The van der Waals surface area contributed by atoms with Crippen LogP contribution in [0.25, 0.3) is 10.8 Å². The second kappa shape index (κ2) is 11.7. The van der Waals surface area contributed by atoms with E-state index in [9.17, 15) is 18.0 Å². The van der Waals surface area contributed by atoms with Crippen molar-refractivity contribution in [1.82, 2.24) is 10.0 Å². The average molecular weight is 490 g/mol. The summed E-state index contributed by atoms with van der Waals surface area (Å²) in [5.74, 6) is -1.06. The van der Waals surface area contributed by atoms with Gasteiger partial charge < -0.3 is 15.3 Å². The minimum absolute atomic E-state index is 0.0215. The minimum Gasteiger partial charge on any atom is -0.481 e. The second-order valence-electron chi connectivity index (χ2n) is 9.19. The van der Waals surface area contributed by atoms with Crippen molar-refractivity contribution in [2.24, 2.45) is 5.92 Å². The zero-order valence-electron chi connectivity index (χ0n) is 19.9. The van der Waals surface area contributed by atoms with Gasteiger partial charge in [-0.05, 0) is 50.7 Å². The van der Waals surface area contributed by atoms with Gasteiger partial charge in [0.25, 0.3) is 0 Å². The Balaban J connectivity index is 1.42. The number of aliphatic carboxylic acids is 1. The molecule has 2 aromatic carbocycles. The van der Waals surface area contributed by atoms with Crippen LogP contribution in [0.5, 0.6) is 0 Å². The van der Waals surface area contributed by atoms with Gasteiger partial charge >= 0.3 is 5.97 Å². The van der Waals surface area contributed by atoms with Gasteiger partial charge in [0, 0.05) is 49.6 Å². The van der Waals surface area contributed by atoms with Crippen molar-refractivity contribution >= 4 is 38.4 Å². The molecule has 0 atom stereocenters. The van der Waals surface area contributed by atoms with Crippen LogP contribution in [-0.2, 0) is 19.6 Å². The summed E-state index contributed by atoms with van der Waals surface area (Å²) in [6, 6.07) is 11.0. The van der Waals surface area contributed by atoms with E-state index in [1.807, 2.05) is 43.3 Å². The Labute approximate surface area is 201 Å². The van der Waals surface area contributed by atoms with E-state index in [1.165, 1.54) is 0 Å². The molecule has 1 aliphatic carbocycles. The van der Waals surface area contributed by atoms with E-state index in [4.69, 9.17) is 5.11 Å². The fourth-order valence-corrected chi connectivity index (χ4v) is 5.84. The van der Waals surface area contributed by atoms with Crippen LogP contribution >= 0.6 is 0 Å². The number of fused-ring (bicyclic) bond motifs is 1. The topological polar surface area (TPSA) is 116 Å². The molecule has 0 saturated heterocycles. The van der Waals surface area contributed by atoms with E-state index in [1.54, 1.807) is 12.1 Å². The molecule has 1 amide bonds. The lowest BCUT2D eigenvalue weighted by atomic mass is 9.86. The molecule has 1 saturated carbocycles. The first-order valence-corrected chi connectivity index (χ1v) is 13.4.